The van der Waals surface area contributed by atoms with E-state index in [1.54, 1.807) is 0 Å². The highest BCUT2D eigenvalue weighted by Crippen LogP contribution is 2.46. The third-order valence-corrected chi connectivity index (χ3v) is 5.00. The molecule has 3 radical (unpaired) electrons. The maximum atomic E-state index is 11.2. The summed E-state index contributed by atoms with van der Waals surface area (Å²) in [5, 5.41) is 9.19. The first-order chi connectivity index (χ1) is 14.3. The van der Waals surface area contributed by atoms with E-state index < -0.39 is 12.6 Å². The normalized spacial score (nSPS) is 11.3. The average Bonchev–Trinajstić information content (AvgIpc) is 2.73. The summed E-state index contributed by atoms with van der Waals surface area (Å²) in [6, 6.07) is 22.1. The topological polar surface area (TPSA) is 55.8 Å². The predicted octanol–water partition coefficient (Wildman–Crippen LogP) is 5.38. The van der Waals surface area contributed by atoms with Crippen molar-refractivity contribution in [2.45, 2.75) is 32.8 Å². The largest absolute Gasteiger partial charge is 0.481 e. The van der Waals surface area contributed by atoms with Gasteiger partial charge in [-0.05, 0) is 39.3 Å². The lowest BCUT2D eigenvalue weighted by Crippen LogP contribution is -2.18. The Morgan fingerprint density at radius 3 is 2.03 bits per heavy atom. The highest BCUT2D eigenvalue weighted by atomic mass is 28.2. The molecular weight excluding hydrogens is 392 g/mol. The highest BCUT2D eigenvalue weighted by molar-refractivity contribution is 5.98. The summed E-state index contributed by atoms with van der Waals surface area (Å²) >= 11 is 0. The van der Waals surface area contributed by atoms with E-state index in [-0.39, 0.29) is 12.0 Å². The van der Waals surface area contributed by atoms with Crippen LogP contribution < -0.4 is 4.74 Å². The molecule has 0 aliphatic rings. The van der Waals surface area contributed by atoms with Crippen molar-refractivity contribution in [3.8, 4) is 28.0 Å². The van der Waals surface area contributed by atoms with Gasteiger partial charge in [-0.1, -0.05) is 81.4 Å². The molecule has 0 aliphatic carbocycles. The Hall–Kier alpha value is -2.89. The minimum Gasteiger partial charge on any atom is -0.481 e. The van der Waals surface area contributed by atoms with E-state index in [0.717, 1.165) is 33.4 Å². The van der Waals surface area contributed by atoms with E-state index in [4.69, 9.17) is 9.16 Å². The molecule has 3 rings (SSSR count). The van der Waals surface area contributed by atoms with Crippen molar-refractivity contribution in [1.29, 1.82) is 0 Å². The van der Waals surface area contributed by atoms with Crippen LogP contribution in [0.2, 0.25) is 0 Å². The summed E-state index contributed by atoms with van der Waals surface area (Å²) in [5.41, 5.74) is 5.86. The molecule has 0 saturated carbocycles. The summed E-state index contributed by atoms with van der Waals surface area (Å²) in [6.45, 7) is 6.34. The minimum absolute atomic E-state index is 0.192. The van der Waals surface area contributed by atoms with Crippen LogP contribution in [-0.4, -0.2) is 28.2 Å². The van der Waals surface area contributed by atoms with Gasteiger partial charge in [-0.3, -0.25) is 0 Å². The molecule has 0 spiro atoms. The first kappa shape index (κ1) is 21.8. The molecule has 30 heavy (non-hydrogen) atoms. The molecule has 4 nitrogen and oxygen atoms in total. The van der Waals surface area contributed by atoms with E-state index in [1.807, 2.05) is 42.5 Å². The zero-order valence-electron chi connectivity index (χ0n) is 17.4. The van der Waals surface area contributed by atoms with Crippen LogP contribution in [0.15, 0.2) is 66.7 Å². The van der Waals surface area contributed by atoms with Crippen molar-refractivity contribution >= 4 is 16.5 Å². The number of carbonyl (C=O) groups is 1. The number of benzene rings is 3. The van der Waals surface area contributed by atoms with Crippen molar-refractivity contribution in [3.63, 3.8) is 0 Å². The van der Waals surface area contributed by atoms with Crippen LogP contribution in [0, 0.1) is 0 Å². The van der Waals surface area contributed by atoms with Crippen LogP contribution in [0.5, 0.6) is 5.75 Å². The second kappa shape index (κ2) is 9.28. The maximum absolute atomic E-state index is 11.2. The maximum Gasteiger partial charge on any atom is 0.341 e. The monoisotopic (exact) mass is 417 g/mol. The lowest BCUT2D eigenvalue weighted by atomic mass is 9.75. The Labute approximate surface area is 181 Å². The lowest BCUT2D eigenvalue weighted by molar-refractivity contribution is -0.139. The first-order valence-electron chi connectivity index (χ1n) is 9.77. The van der Waals surface area contributed by atoms with E-state index in [2.05, 4.69) is 55.5 Å². The van der Waals surface area contributed by atoms with Gasteiger partial charge in [0.2, 0.25) is 10.5 Å². The van der Waals surface area contributed by atoms with Gasteiger partial charge in [0.25, 0.3) is 0 Å². The van der Waals surface area contributed by atoms with Crippen molar-refractivity contribution in [1.82, 2.24) is 0 Å². The van der Waals surface area contributed by atoms with Crippen LogP contribution in [0.25, 0.3) is 22.3 Å². The first-order valence-corrected chi connectivity index (χ1v) is 10.2. The van der Waals surface area contributed by atoms with Crippen molar-refractivity contribution in [3.05, 3.63) is 77.9 Å². The summed E-state index contributed by atoms with van der Waals surface area (Å²) < 4.78 is 11.1. The Balaban J connectivity index is 2.42. The van der Waals surface area contributed by atoms with Crippen LogP contribution in [-0.2, 0) is 21.2 Å². The summed E-state index contributed by atoms with van der Waals surface area (Å²) in [6.07, 6.45) is 0. The van der Waals surface area contributed by atoms with Gasteiger partial charge in [0.1, 0.15) is 5.75 Å². The molecule has 0 atom stereocenters. The SMILES string of the molecule is CC(C)(C)c1c(-c2ccccc2)cc(OCC(=O)O)c(CO[Si])c1-c1ccccc1. The Morgan fingerprint density at radius 2 is 1.53 bits per heavy atom. The zero-order chi connectivity index (χ0) is 21.7. The molecule has 1 N–H and O–H groups in total. The number of carboxylic acids is 1. The Bertz CT molecular complexity index is 1010. The second-order valence-corrected chi connectivity index (χ2v) is 8.39. The van der Waals surface area contributed by atoms with Crippen LogP contribution in [0.1, 0.15) is 31.9 Å². The molecule has 0 unspecified atom stereocenters. The molecule has 3 aromatic carbocycles. The van der Waals surface area contributed by atoms with Crippen LogP contribution >= 0.6 is 0 Å². The molecule has 0 heterocycles. The summed E-state index contributed by atoms with van der Waals surface area (Å²) in [7, 11) is 3.13. The van der Waals surface area contributed by atoms with Gasteiger partial charge in [0, 0.05) is 5.56 Å². The second-order valence-electron chi connectivity index (χ2n) is 8.10. The molecule has 153 valence electrons. The molecule has 0 saturated heterocycles. The summed E-state index contributed by atoms with van der Waals surface area (Å²) in [4.78, 5) is 11.2. The van der Waals surface area contributed by atoms with Gasteiger partial charge in [-0.25, -0.2) is 4.79 Å². The predicted molar refractivity (Wildman–Crippen MR) is 120 cm³/mol. The van der Waals surface area contributed by atoms with Gasteiger partial charge in [0.05, 0.1) is 6.61 Å². The van der Waals surface area contributed by atoms with Crippen LogP contribution in [0.4, 0.5) is 0 Å². The van der Waals surface area contributed by atoms with Gasteiger partial charge in [-0.2, -0.15) is 0 Å². The van der Waals surface area contributed by atoms with Crippen molar-refractivity contribution in [2.24, 2.45) is 0 Å². The fraction of sp³-hybridized carbons (Fsp3) is 0.240. The molecule has 0 aliphatic heterocycles. The zero-order valence-corrected chi connectivity index (χ0v) is 18.4. The Kier molecular flexibility index (Phi) is 6.75. The molecule has 3 aromatic rings. The average molecular weight is 418 g/mol. The smallest absolute Gasteiger partial charge is 0.341 e. The summed E-state index contributed by atoms with van der Waals surface area (Å²) in [5.74, 6) is -0.524. The van der Waals surface area contributed by atoms with Crippen molar-refractivity contribution < 1.29 is 19.1 Å². The number of hydrogen-bond acceptors (Lipinski definition) is 3. The van der Waals surface area contributed by atoms with Gasteiger partial charge < -0.3 is 14.3 Å². The minimum atomic E-state index is -1.03. The quantitative estimate of drug-likeness (QED) is 0.524. The lowest BCUT2D eigenvalue weighted by Gasteiger charge is -2.30. The van der Waals surface area contributed by atoms with Gasteiger partial charge in [0.15, 0.2) is 6.61 Å². The van der Waals surface area contributed by atoms with Gasteiger partial charge in [-0.15, -0.1) is 0 Å². The number of ether oxygens (including phenoxy) is 1. The standard InChI is InChI=1S/C25H25O4Si/c1-25(2,3)24-19(17-10-6-4-7-11-17)14-21(28-16-22(26)27)20(15-29-30)23(24)18-12-8-5-9-13-18/h4-14H,15-16H2,1-3H3,(H,26,27). The molecular formula is C25H25O4Si. The number of carboxylic acid groups (broad SMARTS) is 1. The molecule has 0 amide bonds. The van der Waals surface area contributed by atoms with Crippen LogP contribution in [0.3, 0.4) is 0 Å². The third kappa shape index (κ3) is 4.80. The van der Waals surface area contributed by atoms with E-state index >= 15 is 0 Å². The van der Waals surface area contributed by atoms with E-state index in [9.17, 15) is 9.90 Å². The molecule has 0 bridgehead atoms. The van der Waals surface area contributed by atoms with E-state index in [0.29, 0.717) is 5.75 Å². The number of hydrogen-bond donors (Lipinski definition) is 1. The fourth-order valence-electron chi connectivity index (χ4n) is 3.73. The number of rotatable bonds is 7. The molecule has 0 fully saturated rings. The fourth-order valence-corrected chi connectivity index (χ4v) is 3.87. The molecule has 5 heteroatoms. The van der Waals surface area contributed by atoms with Crippen molar-refractivity contribution in [2.75, 3.05) is 6.61 Å². The Morgan fingerprint density at radius 1 is 0.967 bits per heavy atom. The third-order valence-electron chi connectivity index (χ3n) is 4.86. The molecule has 0 aromatic heterocycles. The number of aliphatic carboxylic acids is 1. The van der Waals surface area contributed by atoms with E-state index in [1.165, 1.54) is 0 Å². The highest BCUT2D eigenvalue weighted by Gasteiger charge is 2.28. The van der Waals surface area contributed by atoms with Gasteiger partial charge >= 0.3 is 5.97 Å².